The number of aliphatic hydroxyl groups excluding tert-OH is 1. The van der Waals surface area contributed by atoms with E-state index in [1.807, 2.05) is 65.5 Å². The monoisotopic (exact) mass is 776 g/mol. The first-order chi connectivity index (χ1) is 27.2. The first-order valence-corrected chi connectivity index (χ1v) is 19.1. The molecule has 8 aromatic carbocycles. The molecule has 1 aliphatic heterocycles. The van der Waals surface area contributed by atoms with Crippen molar-refractivity contribution < 1.29 is 10.1 Å². The van der Waals surface area contributed by atoms with Gasteiger partial charge in [0.2, 0.25) is 0 Å². The van der Waals surface area contributed by atoms with Crippen LogP contribution in [-0.4, -0.2) is 29.3 Å². The average molecular weight is 778 g/mol. The van der Waals surface area contributed by atoms with Crippen molar-refractivity contribution in [2.24, 2.45) is 0 Å². The summed E-state index contributed by atoms with van der Waals surface area (Å²) in [6, 6.07) is 67.2. The van der Waals surface area contributed by atoms with Crippen LogP contribution in [0.15, 0.2) is 199 Å². The minimum Gasteiger partial charge on any atom is -0.428 e. The molecule has 0 saturated carbocycles. The second-order valence-electron chi connectivity index (χ2n) is 13.2. The zero-order chi connectivity index (χ0) is 37.7. The normalized spacial score (nSPS) is 11.6. The summed E-state index contributed by atoms with van der Waals surface area (Å²) in [5.41, 5.74) is 9.56. The molecule has 0 atom stereocenters. The van der Waals surface area contributed by atoms with Crippen LogP contribution in [0.2, 0.25) is 0 Å². The van der Waals surface area contributed by atoms with Gasteiger partial charge < -0.3 is 19.9 Å². The van der Waals surface area contributed by atoms with E-state index in [-0.39, 0.29) is 0 Å². The Morgan fingerprint density at radius 3 is 1.25 bits per heavy atom. The fourth-order valence-electron chi connectivity index (χ4n) is 7.71. The van der Waals surface area contributed by atoms with Crippen molar-refractivity contribution >= 4 is 83.2 Å². The quantitative estimate of drug-likeness (QED) is 0.153. The number of aromatic nitrogens is 1. The number of hydrogen-bond acceptors (Lipinski definition) is 3. The number of anilines is 2. The van der Waals surface area contributed by atoms with Crippen molar-refractivity contribution in [2.45, 2.75) is 0 Å². The lowest BCUT2D eigenvalue weighted by molar-refractivity contribution is 0.399. The zero-order valence-electron chi connectivity index (χ0n) is 30.3. The van der Waals surface area contributed by atoms with Crippen LogP contribution < -0.4 is 10.3 Å². The van der Waals surface area contributed by atoms with Crippen molar-refractivity contribution in [1.82, 2.24) is 4.98 Å². The van der Waals surface area contributed by atoms with E-state index in [1.54, 1.807) is 0 Å². The molecule has 3 N–H and O–H groups in total. The van der Waals surface area contributed by atoms with Gasteiger partial charge in [-0.15, -0.1) is 0 Å². The largest absolute Gasteiger partial charge is 0.454 e. The summed E-state index contributed by atoms with van der Waals surface area (Å²) in [5, 5.41) is 25.9. The fourth-order valence-corrected chi connectivity index (χ4v) is 8.21. The van der Waals surface area contributed by atoms with E-state index in [4.69, 9.17) is 5.11 Å². The molecule has 0 aliphatic carbocycles. The number of aliphatic hydroxyl groups is 1. The Bertz CT molecular complexity index is 2770. The van der Waals surface area contributed by atoms with Gasteiger partial charge in [0.1, 0.15) is 0 Å². The molecule has 0 bridgehead atoms. The van der Waals surface area contributed by atoms with Gasteiger partial charge in [0, 0.05) is 55.9 Å². The molecule has 1 aromatic heterocycles. The molecular weight excluding hydrogens is 739 g/mol. The summed E-state index contributed by atoms with van der Waals surface area (Å²) in [6.07, 6.45) is 0. The van der Waals surface area contributed by atoms with E-state index in [0.29, 0.717) is 0 Å². The number of benzene rings is 8. The highest BCUT2D eigenvalue weighted by Gasteiger charge is 2.36. The maximum atomic E-state index is 11.4. The summed E-state index contributed by atoms with van der Waals surface area (Å²) >= 11 is 3.68. The standard InChI is InChI=1S/C24H17BBrNO.C24H17N.CH4O/c26-22-14-6-2-10-18(22)20-12-4-8-16-24(20)27-23-15-7-3-11-19(23)17-9-1-5-13-21(17)25(27)28;1-3-11-19-17(9-1)18-10-2-4-12-20(18)22-14-6-8-16-24(22)25-23-15-7-5-13-21(19)23;1-2/h1-16,28H;1-16,25H;2H,1H3. The molecule has 55 heavy (non-hydrogen) atoms. The molecule has 6 heteroatoms. The molecular formula is C49H38BBrN2O2. The van der Waals surface area contributed by atoms with Crippen LogP contribution in [0, 0.1) is 0 Å². The van der Waals surface area contributed by atoms with Crippen LogP contribution in [0.25, 0.3) is 65.6 Å². The highest BCUT2D eigenvalue weighted by Crippen LogP contribution is 2.43. The minimum absolute atomic E-state index is 0.755. The third-order valence-corrected chi connectivity index (χ3v) is 10.8. The van der Waals surface area contributed by atoms with Crippen LogP contribution in [0.3, 0.4) is 0 Å². The second kappa shape index (κ2) is 16.1. The molecule has 0 spiro atoms. The molecule has 2 heterocycles. The van der Waals surface area contributed by atoms with Crippen LogP contribution in [0.1, 0.15) is 0 Å². The van der Waals surface area contributed by atoms with Crippen molar-refractivity contribution in [1.29, 1.82) is 0 Å². The SMILES string of the molecule is CO.OB1c2ccccc2-c2ccccc2N1c1ccccc1-c1ccccc1Br.c1ccc2c(c1)[nH]c1ccccc1c1ccccc1c1ccccc21. The number of aromatic amines is 1. The number of H-pyrrole nitrogens is 1. The smallest absolute Gasteiger partial charge is 0.428 e. The Hall–Kier alpha value is -6.18. The van der Waals surface area contributed by atoms with Gasteiger partial charge in [-0.05, 0) is 68.5 Å². The van der Waals surface area contributed by atoms with Crippen LogP contribution in [-0.2, 0) is 0 Å². The number of nitrogens with zero attached hydrogens (tertiary/aromatic N) is 1. The Kier molecular flexibility index (Phi) is 10.5. The Morgan fingerprint density at radius 1 is 0.400 bits per heavy atom. The van der Waals surface area contributed by atoms with E-state index in [1.165, 1.54) is 32.3 Å². The molecule has 0 amide bonds. The summed E-state index contributed by atoms with van der Waals surface area (Å²) < 4.78 is 1.03. The predicted molar refractivity (Wildman–Crippen MR) is 238 cm³/mol. The van der Waals surface area contributed by atoms with Gasteiger partial charge in [-0.3, -0.25) is 0 Å². The summed E-state index contributed by atoms with van der Waals surface area (Å²) in [5.74, 6) is 0. The number of halogens is 1. The first-order valence-electron chi connectivity index (χ1n) is 18.3. The Morgan fingerprint density at radius 2 is 0.745 bits per heavy atom. The summed E-state index contributed by atoms with van der Waals surface area (Å²) in [4.78, 5) is 5.70. The van der Waals surface area contributed by atoms with Crippen molar-refractivity contribution in [2.75, 3.05) is 11.9 Å². The lowest BCUT2D eigenvalue weighted by Crippen LogP contribution is -2.49. The Balaban J connectivity index is 0.000000150. The third kappa shape index (κ3) is 6.77. The van der Waals surface area contributed by atoms with E-state index >= 15 is 0 Å². The highest BCUT2D eigenvalue weighted by atomic mass is 79.9. The molecule has 266 valence electrons. The predicted octanol–water partition coefficient (Wildman–Crippen LogP) is 12.0. The molecule has 0 fully saturated rings. The molecule has 0 saturated heterocycles. The van der Waals surface area contributed by atoms with Gasteiger partial charge in [-0.25, -0.2) is 0 Å². The lowest BCUT2D eigenvalue weighted by atomic mass is 9.64. The first kappa shape index (κ1) is 35.8. The van der Waals surface area contributed by atoms with Gasteiger partial charge in [0.05, 0.1) is 0 Å². The van der Waals surface area contributed by atoms with Crippen LogP contribution in [0.5, 0.6) is 0 Å². The van der Waals surface area contributed by atoms with E-state index in [0.717, 1.165) is 61.7 Å². The minimum atomic E-state index is -0.755. The summed E-state index contributed by atoms with van der Waals surface area (Å²) in [6.45, 7) is 0. The molecule has 4 nitrogen and oxygen atoms in total. The van der Waals surface area contributed by atoms with Crippen LogP contribution >= 0.6 is 15.9 Å². The van der Waals surface area contributed by atoms with Gasteiger partial charge in [0.25, 0.3) is 0 Å². The van der Waals surface area contributed by atoms with Crippen molar-refractivity contribution in [3.8, 4) is 22.3 Å². The highest BCUT2D eigenvalue weighted by molar-refractivity contribution is 9.10. The van der Waals surface area contributed by atoms with Crippen molar-refractivity contribution in [3.63, 3.8) is 0 Å². The fraction of sp³-hybridized carbons (Fsp3) is 0.0204. The number of fused-ring (bicyclic) bond motifs is 10. The maximum absolute atomic E-state index is 11.4. The molecule has 10 rings (SSSR count). The van der Waals surface area contributed by atoms with E-state index in [9.17, 15) is 5.02 Å². The van der Waals surface area contributed by atoms with Gasteiger partial charge >= 0.3 is 7.05 Å². The molecule has 0 radical (unpaired) electrons. The number of rotatable bonds is 2. The molecule has 0 unspecified atom stereocenters. The zero-order valence-corrected chi connectivity index (χ0v) is 31.9. The third-order valence-electron chi connectivity index (χ3n) is 10.1. The van der Waals surface area contributed by atoms with Crippen molar-refractivity contribution in [3.05, 3.63) is 199 Å². The lowest BCUT2D eigenvalue weighted by Gasteiger charge is -2.36. The topological polar surface area (TPSA) is 59.5 Å². The summed E-state index contributed by atoms with van der Waals surface area (Å²) in [7, 11) is 0.245. The van der Waals surface area contributed by atoms with Gasteiger partial charge in [0.15, 0.2) is 0 Å². The number of nitrogens with one attached hydrogen (secondary N) is 1. The number of para-hydroxylation sites is 4. The van der Waals surface area contributed by atoms with Gasteiger partial charge in [-0.2, -0.15) is 0 Å². The number of hydrogen-bond donors (Lipinski definition) is 3. The maximum Gasteiger partial charge on any atom is 0.454 e. The Labute approximate surface area is 329 Å². The second-order valence-corrected chi connectivity index (χ2v) is 14.0. The van der Waals surface area contributed by atoms with E-state index in [2.05, 4.69) is 154 Å². The van der Waals surface area contributed by atoms with Gasteiger partial charge in [-0.1, -0.05) is 180 Å². The molecule has 1 aliphatic rings. The van der Waals surface area contributed by atoms with E-state index < -0.39 is 7.05 Å². The molecule has 9 aromatic rings. The average Bonchev–Trinajstić information content (AvgIpc) is 3.30. The van der Waals surface area contributed by atoms with Crippen LogP contribution in [0.4, 0.5) is 11.4 Å².